The van der Waals surface area contributed by atoms with Crippen LogP contribution >= 0.6 is 0 Å². The fourth-order valence-corrected chi connectivity index (χ4v) is 4.44. The Morgan fingerprint density at radius 1 is 0.935 bits per heavy atom. The Bertz CT molecular complexity index is 1220. The van der Waals surface area contributed by atoms with Gasteiger partial charge in [-0.1, -0.05) is 66.7 Å². The summed E-state index contributed by atoms with van der Waals surface area (Å²) in [6.45, 7) is 0.891. The summed E-state index contributed by atoms with van der Waals surface area (Å²) in [4.78, 5) is 27.1. The first kappa shape index (κ1) is 19.2. The standard InChI is InChI=1S/C25H23N3O3/c29-21-14-16-27-23(24(21)30)25(31)26-15-8-2-5-9-18-10-6-7-13-20(18)22(28(27)17-26)19-11-3-1-4-12-19/h1,3-7,9-14,16,22,30H,2,8,15,17H2/b9-5-/t22-/m1/s1. The Labute approximate surface area is 180 Å². The average Bonchev–Trinajstić information content (AvgIpc) is 2.82. The van der Waals surface area contributed by atoms with Crippen molar-refractivity contribution < 1.29 is 9.90 Å². The summed E-state index contributed by atoms with van der Waals surface area (Å²) in [6.07, 6.45) is 7.50. The van der Waals surface area contributed by atoms with Crippen LogP contribution in [0.1, 0.15) is 46.1 Å². The van der Waals surface area contributed by atoms with Crippen LogP contribution in [0.15, 0.2) is 77.7 Å². The van der Waals surface area contributed by atoms with E-state index in [9.17, 15) is 14.7 Å². The number of amides is 1. The summed E-state index contributed by atoms with van der Waals surface area (Å²) in [5, 5.41) is 12.6. The van der Waals surface area contributed by atoms with E-state index in [1.54, 1.807) is 15.8 Å². The molecule has 2 aliphatic rings. The SMILES string of the molecule is O=C1c2c(O)c(=O)ccn2N2CN1CCC/C=C\c1ccccc1[C@H]2c1ccccc1. The molecule has 0 aliphatic carbocycles. The van der Waals surface area contributed by atoms with Gasteiger partial charge in [0.25, 0.3) is 5.91 Å². The molecule has 2 aromatic carbocycles. The molecule has 1 atom stereocenters. The van der Waals surface area contributed by atoms with Gasteiger partial charge < -0.3 is 10.0 Å². The Balaban J connectivity index is 1.80. The number of allylic oxidation sites excluding steroid dienone is 1. The predicted octanol–water partition coefficient (Wildman–Crippen LogP) is 3.50. The van der Waals surface area contributed by atoms with Gasteiger partial charge in [-0.2, -0.15) is 0 Å². The molecule has 1 N–H and O–H groups in total. The molecule has 1 amide bonds. The van der Waals surface area contributed by atoms with Crippen LogP contribution in [0.25, 0.3) is 6.08 Å². The summed E-state index contributed by atoms with van der Waals surface area (Å²) >= 11 is 0. The van der Waals surface area contributed by atoms with E-state index in [2.05, 4.69) is 36.4 Å². The number of hydrogen-bond acceptors (Lipinski definition) is 4. The molecule has 0 radical (unpaired) electrons. The molecule has 2 aliphatic heterocycles. The molecule has 1 aromatic heterocycles. The number of nitrogens with zero attached hydrogens (tertiary/aromatic N) is 3. The fourth-order valence-electron chi connectivity index (χ4n) is 4.44. The van der Waals surface area contributed by atoms with Crippen LogP contribution < -0.4 is 10.4 Å². The topological polar surface area (TPSA) is 65.8 Å². The maximum absolute atomic E-state index is 13.2. The van der Waals surface area contributed by atoms with Gasteiger partial charge in [-0.05, 0) is 29.5 Å². The zero-order chi connectivity index (χ0) is 21.4. The van der Waals surface area contributed by atoms with Crippen molar-refractivity contribution in [3.05, 3.63) is 106 Å². The number of pyridine rings is 1. The van der Waals surface area contributed by atoms with Crippen molar-refractivity contribution >= 4 is 12.0 Å². The number of aromatic hydroxyl groups is 1. The molecule has 6 heteroatoms. The van der Waals surface area contributed by atoms with E-state index in [0.717, 1.165) is 29.5 Å². The van der Waals surface area contributed by atoms with Crippen molar-refractivity contribution in [1.29, 1.82) is 0 Å². The van der Waals surface area contributed by atoms with Gasteiger partial charge in [-0.15, -0.1) is 0 Å². The van der Waals surface area contributed by atoms with Crippen LogP contribution in [0.4, 0.5) is 0 Å². The van der Waals surface area contributed by atoms with Crippen molar-refractivity contribution in [2.45, 2.75) is 18.9 Å². The van der Waals surface area contributed by atoms with Crippen LogP contribution in [-0.2, 0) is 0 Å². The number of benzene rings is 2. The molecule has 0 unspecified atom stereocenters. The third-order valence-corrected chi connectivity index (χ3v) is 5.94. The molecule has 5 rings (SSSR count). The summed E-state index contributed by atoms with van der Waals surface area (Å²) in [5.74, 6) is -0.829. The first-order valence-electron chi connectivity index (χ1n) is 10.5. The third kappa shape index (κ3) is 3.30. The van der Waals surface area contributed by atoms with Gasteiger partial charge >= 0.3 is 0 Å². The maximum atomic E-state index is 13.2. The van der Waals surface area contributed by atoms with Crippen molar-refractivity contribution in [3.63, 3.8) is 0 Å². The minimum absolute atomic E-state index is 0.0179. The quantitative estimate of drug-likeness (QED) is 0.663. The van der Waals surface area contributed by atoms with E-state index in [0.29, 0.717) is 13.2 Å². The summed E-state index contributed by atoms with van der Waals surface area (Å²) in [6, 6.07) is 19.4. The minimum atomic E-state index is -0.552. The molecule has 156 valence electrons. The highest BCUT2D eigenvalue weighted by Crippen LogP contribution is 2.34. The molecular formula is C25H23N3O3. The fraction of sp³-hybridized carbons (Fsp3) is 0.200. The van der Waals surface area contributed by atoms with Gasteiger partial charge in [0.2, 0.25) is 5.43 Å². The molecular weight excluding hydrogens is 390 g/mol. The van der Waals surface area contributed by atoms with Gasteiger partial charge in [0.1, 0.15) is 6.67 Å². The van der Waals surface area contributed by atoms with Gasteiger partial charge in [-0.25, -0.2) is 0 Å². The second-order valence-corrected chi connectivity index (χ2v) is 7.86. The molecule has 3 aromatic rings. The van der Waals surface area contributed by atoms with E-state index in [1.165, 1.54) is 6.07 Å². The van der Waals surface area contributed by atoms with E-state index >= 15 is 0 Å². The lowest BCUT2D eigenvalue weighted by atomic mass is 9.93. The third-order valence-electron chi connectivity index (χ3n) is 5.94. The summed E-state index contributed by atoms with van der Waals surface area (Å²) < 4.78 is 1.64. The van der Waals surface area contributed by atoms with Gasteiger partial charge in [0.15, 0.2) is 11.4 Å². The van der Waals surface area contributed by atoms with Gasteiger partial charge in [0, 0.05) is 18.8 Å². The number of rotatable bonds is 1. The highest BCUT2D eigenvalue weighted by molar-refractivity contribution is 5.96. The first-order chi connectivity index (χ1) is 15.1. The zero-order valence-electron chi connectivity index (χ0n) is 17.0. The molecule has 2 bridgehead atoms. The van der Waals surface area contributed by atoms with Crippen LogP contribution in [0.2, 0.25) is 0 Å². The van der Waals surface area contributed by atoms with Crippen LogP contribution in [-0.4, -0.2) is 33.8 Å². The Hall–Kier alpha value is -3.80. The second kappa shape index (κ2) is 7.80. The van der Waals surface area contributed by atoms with E-state index in [-0.39, 0.29) is 17.6 Å². The molecule has 0 spiro atoms. The molecule has 6 nitrogen and oxygen atoms in total. The monoisotopic (exact) mass is 413 g/mol. The summed E-state index contributed by atoms with van der Waals surface area (Å²) in [7, 11) is 0. The van der Waals surface area contributed by atoms with Gasteiger partial charge in [0.05, 0.1) is 6.04 Å². The summed E-state index contributed by atoms with van der Waals surface area (Å²) in [5.41, 5.74) is 2.72. The van der Waals surface area contributed by atoms with Crippen LogP contribution in [0.3, 0.4) is 0 Å². The largest absolute Gasteiger partial charge is 0.502 e. The first-order valence-corrected chi connectivity index (χ1v) is 10.5. The Kier molecular flexibility index (Phi) is 4.82. The van der Waals surface area contributed by atoms with Crippen LogP contribution in [0, 0.1) is 0 Å². The van der Waals surface area contributed by atoms with E-state index in [1.807, 2.05) is 35.3 Å². The molecule has 0 fully saturated rings. The number of carbonyl (C=O) groups excluding carboxylic acids is 1. The van der Waals surface area contributed by atoms with Crippen molar-refractivity contribution in [2.75, 3.05) is 18.2 Å². The average molecular weight is 413 g/mol. The van der Waals surface area contributed by atoms with Crippen molar-refractivity contribution in [3.8, 4) is 5.75 Å². The molecule has 3 heterocycles. The maximum Gasteiger partial charge on any atom is 0.277 e. The normalized spacial score (nSPS) is 19.2. The molecule has 0 saturated carbocycles. The van der Waals surface area contributed by atoms with E-state index < -0.39 is 11.2 Å². The number of aromatic nitrogens is 1. The highest BCUT2D eigenvalue weighted by atomic mass is 16.3. The molecule has 31 heavy (non-hydrogen) atoms. The molecule has 0 saturated heterocycles. The number of hydrogen-bond donors (Lipinski definition) is 1. The lowest BCUT2D eigenvalue weighted by Gasteiger charge is -2.44. The lowest BCUT2D eigenvalue weighted by Crippen LogP contribution is -2.55. The van der Waals surface area contributed by atoms with Crippen molar-refractivity contribution in [1.82, 2.24) is 9.58 Å². The smallest absolute Gasteiger partial charge is 0.277 e. The zero-order valence-corrected chi connectivity index (χ0v) is 17.0. The number of fused-ring (bicyclic) bond motifs is 5. The van der Waals surface area contributed by atoms with E-state index in [4.69, 9.17) is 0 Å². The van der Waals surface area contributed by atoms with Crippen molar-refractivity contribution in [2.24, 2.45) is 0 Å². The second-order valence-electron chi connectivity index (χ2n) is 7.86. The minimum Gasteiger partial charge on any atom is -0.502 e. The highest BCUT2D eigenvalue weighted by Gasteiger charge is 2.36. The van der Waals surface area contributed by atoms with Crippen LogP contribution in [0.5, 0.6) is 5.75 Å². The lowest BCUT2D eigenvalue weighted by molar-refractivity contribution is 0.0678. The Morgan fingerprint density at radius 3 is 2.55 bits per heavy atom. The number of carbonyl (C=O) groups is 1. The predicted molar refractivity (Wildman–Crippen MR) is 119 cm³/mol. The Morgan fingerprint density at radius 2 is 1.71 bits per heavy atom. The van der Waals surface area contributed by atoms with Gasteiger partial charge in [-0.3, -0.25) is 19.3 Å².